The van der Waals surface area contributed by atoms with Crippen LogP contribution in [0.15, 0.2) is 9.98 Å². The zero-order valence-electron chi connectivity index (χ0n) is 17.0. The molecule has 0 aromatic carbocycles. The van der Waals surface area contributed by atoms with Crippen LogP contribution in [0, 0.1) is 0 Å². The Morgan fingerprint density at radius 1 is 0.967 bits per heavy atom. The number of hydrogen-bond acceptors (Lipinski definition) is 6. The van der Waals surface area contributed by atoms with Gasteiger partial charge in [0, 0.05) is 13.1 Å². The van der Waals surface area contributed by atoms with Crippen molar-refractivity contribution in [1.29, 1.82) is 0 Å². The fourth-order valence-corrected chi connectivity index (χ4v) is 2.99. The number of nitrogens with zero attached hydrogens (tertiary/aromatic N) is 2. The molecule has 0 aromatic rings. The first-order valence-electron chi connectivity index (χ1n) is 9.88. The van der Waals surface area contributed by atoms with Gasteiger partial charge in [-0.05, 0) is 45.1 Å². The zero-order chi connectivity index (χ0) is 22.5. The number of aliphatic imine (C=N–C) groups is 2. The third-order valence-electron chi connectivity index (χ3n) is 4.51. The third-order valence-corrected chi connectivity index (χ3v) is 4.51. The molecule has 1 heterocycles. The van der Waals surface area contributed by atoms with Crippen LogP contribution >= 0.6 is 0 Å². The normalized spacial score (nSPS) is 17.4. The van der Waals surface area contributed by atoms with Crippen LogP contribution in [0.5, 0.6) is 0 Å². The Bertz CT molecular complexity index is 639. The van der Waals surface area contributed by atoms with Gasteiger partial charge in [0.25, 0.3) is 0 Å². The van der Waals surface area contributed by atoms with Crippen LogP contribution in [-0.4, -0.2) is 72.6 Å². The summed E-state index contributed by atoms with van der Waals surface area (Å²) in [5, 5.41) is 17.6. The van der Waals surface area contributed by atoms with Crippen molar-refractivity contribution >= 4 is 29.7 Å². The summed E-state index contributed by atoms with van der Waals surface area (Å²) in [4.78, 5) is 44.3. The second kappa shape index (κ2) is 13.2. The van der Waals surface area contributed by atoms with Crippen molar-refractivity contribution in [3.8, 4) is 0 Å². The molecule has 3 atom stereocenters. The average Bonchev–Trinajstić information content (AvgIpc) is 3.20. The lowest BCUT2D eigenvalue weighted by Gasteiger charge is -2.22. The van der Waals surface area contributed by atoms with E-state index in [0.717, 1.165) is 13.0 Å². The van der Waals surface area contributed by atoms with Crippen LogP contribution in [0.3, 0.4) is 0 Å². The van der Waals surface area contributed by atoms with Crippen molar-refractivity contribution < 1.29 is 19.5 Å². The maximum Gasteiger partial charge on any atom is 0.326 e. The summed E-state index contributed by atoms with van der Waals surface area (Å²) in [7, 11) is 0. The Labute approximate surface area is 175 Å². The SMILES string of the molecule is NC(N)=NCCCC(NC(=O)C(CCCN=C(N)N)NC(=O)C1CCCN1)C(=O)O. The first-order chi connectivity index (χ1) is 14.2. The number of aliphatic carboxylic acids is 1. The van der Waals surface area contributed by atoms with Crippen molar-refractivity contribution in [1.82, 2.24) is 16.0 Å². The number of nitrogens with one attached hydrogen (secondary N) is 3. The standard InChI is InChI=1S/C17H33N9O4/c18-16(19)23-8-2-5-11(25-13(27)10-4-1-7-22-10)14(28)26-12(15(29)30)6-3-9-24-17(20)21/h10-12,22H,1-9H2,(H,25,27)(H,26,28)(H,29,30)(H4,18,19,23)(H4,20,21,24). The number of guanidine groups is 2. The van der Waals surface area contributed by atoms with E-state index in [0.29, 0.717) is 19.3 Å². The molecule has 170 valence electrons. The molecule has 1 saturated heterocycles. The largest absolute Gasteiger partial charge is 0.480 e. The molecule has 0 aliphatic carbocycles. The van der Waals surface area contributed by atoms with E-state index in [1.54, 1.807) is 0 Å². The Morgan fingerprint density at radius 2 is 1.53 bits per heavy atom. The molecule has 0 saturated carbocycles. The first-order valence-corrected chi connectivity index (χ1v) is 9.88. The minimum atomic E-state index is -1.18. The fraction of sp³-hybridized carbons (Fsp3) is 0.706. The van der Waals surface area contributed by atoms with Crippen LogP contribution in [0.1, 0.15) is 38.5 Å². The molecule has 13 nitrogen and oxygen atoms in total. The highest BCUT2D eigenvalue weighted by molar-refractivity contribution is 5.91. The third kappa shape index (κ3) is 9.91. The van der Waals surface area contributed by atoms with E-state index in [2.05, 4.69) is 25.9 Å². The summed E-state index contributed by atoms with van der Waals surface area (Å²) < 4.78 is 0. The van der Waals surface area contributed by atoms with Gasteiger partial charge in [-0.3, -0.25) is 19.6 Å². The number of carbonyl (C=O) groups is 3. The van der Waals surface area contributed by atoms with Crippen LogP contribution in [-0.2, 0) is 14.4 Å². The summed E-state index contributed by atoms with van der Waals surface area (Å²) >= 11 is 0. The molecule has 0 radical (unpaired) electrons. The monoisotopic (exact) mass is 427 g/mol. The van der Waals surface area contributed by atoms with Gasteiger partial charge in [0.1, 0.15) is 12.1 Å². The van der Waals surface area contributed by atoms with Crippen LogP contribution in [0.25, 0.3) is 0 Å². The molecule has 13 heteroatoms. The fourth-order valence-electron chi connectivity index (χ4n) is 2.99. The lowest BCUT2D eigenvalue weighted by atomic mass is 10.1. The minimum Gasteiger partial charge on any atom is -0.480 e. The van der Waals surface area contributed by atoms with E-state index in [9.17, 15) is 19.5 Å². The number of rotatable bonds is 13. The highest BCUT2D eigenvalue weighted by Gasteiger charge is 2.29. The van der Waals surface area contributed by atoms with Crippen LogP contribution in [0.4, 0.5) is 0 Å². The minimum absolute atomic E-state index is 0.0677. The van der Waals surface area contributed by atoms with Crippen LogP contribution < -0.4 is 38.9 Å². The van der Waals surface area contributed by atoms with Gasteiger partial charge < -0.3 is 44.0 Å². The van der Waals surface area contributed by atoms with Gasteiger partial charge in [0.05, 0.1) is 6.04 Å². The summed E-state index contributed by atoms with van der Waals surface area (Å²) in [5.74, 6) is -2.22. The van der Waals surface area contributed by atoms with Crippen molar-refractivity contribution in [2.24, 2.45) is 32.9 Å². The van der Waals surface area contributed by atoms with E-state index in [1.807, 2.05) is 0 Å². The Morgan fingerprint density at radius 3 is 2.00 bits per heavy atom. The number of carboxylic acid groups (broad SMARTS) is 1. The topological polar surface area (TPSA) is 236 Å². The predicted octanol–water partition coefficient (Wildman–Crippen LogP) is -3.10. The van der Waals surface area contributed by atoms with E-state index >= 15 is 0 Å². The summed E-state index contributed by atoms with van der Waals surface area (Å²) in [5.41, 5.74) is 21.0. The molecule has 3 unspecified atom stereocenters. The van der Waals surface area contributed by atoms with Crippen molar-refractivity contribution in [3.63, 3.8) is 0 Å². The molecule has 30 heavy (non-hydrogen) atoms. The Kier molecular flexibility index (Phi) is 11.0. The van der Waals surface area contributed by atoms with E-state index in [1.165, 1.54) is 0 Å². The summed E-state index contributed by atoms with van der Waals surface area (Å²) in [6.07, 6.45) is 2.73. The van der Waals surface area contributed by atoms with Gasteiger partial charge in [0.15, 0.2) is 11.9 Å². The quantitative estimate of drug-likeness (QED) is 0.0842. The second-order valence-corrected chi connectivity index (χ2v) is 7.01. The number of nitrogens with two attached hydrogens (primary N) is 4. The highest BCUT2D eigenvalue weighted by Crippen LogP contribution is 2.08. The van der Waals surface area contributed by atoms with Gasteiger partial charge in [-0.1, -0.05) is 0 Å². The Hall–Kier alpha value is -3.09. The molecular formula is C17H33N9O4. The second-order valence-electron chi connectivity index (χ2n) is 7.01. The maximum atomic E-state index is 12.7. The van der Waals surface area contributed by atoms with Crippen molar-refractivity contribution in [3.05, 3.63) is 0 Å². The highest BCUT2D eigenvalue weighted by atomic mass is 16.4. The maximum absolute atomic E-state index is 12.7. The molecule has 0 aromatic heterocycles. The summed E-state index contributed by atoms with van der Waals surface area (Å²) in [6, 6.07) is -2.41. The lowest BCUT2D eigenvalue weighted by Crippen LogP contribution is -2.54. The molecule has 12 N–H and O–H groups in total. The van der Waals surface area contributed by atoms with Crippen LogP contribution in [0.2, 0.25) is 0 Å². The summed E-state index contributed by atoms with van der Waals surface area (Å²) in [6.45, 7) is 1.26. The van der Waals surface area contributed by atoms with Gasteiger partial charge >= 0.3 is 5.97 Å². The van der Waals surface area contributed by atoms with Gasteiger partial charge in [-0.2, -0.15) is 0 Å². The van der Waals surface area contributed by atoms with Gasteiger partial charge in [-0.15, -0.1) is 0 Å². The first kappa shape index (κ1) is 24.9. The molecule has 0 spiro atoms. The molecule has 1 rings (SSSR count). The van der Waals surface area contributed by atoms with Gasteiger partial charge in [-0.25, -0.2) is 4.79 Å². The molecule has 0 bridgehead atoms. The smallest absolute Gasteiger partial charge is 0.326 e. The van der Waals surface area contributed by atoms with Crippen molar-refractivity contribution in [2.75, 3.05) is 19.6 Å². The number of carboxylic acids is 1. The molecular weight excluding hydrogens is 394 g/mol. The van der Waals surface area contributed by atoms with Gasteiger partial charge in [0.2, 0.25) is 11.8 Å². The Balaban J connectivity index is 2.71. The molecule has 2 amide bonds. The van der Waals surface area contributed by atoms with Crippen molar-refractivity contribution in [2.45, 2.75) is 56.7 Å². The lowest BCUT2D eigenvalue weighted by molar-refractivity contribution is -0.142. The molecule has 1 fully saturated rings. The predicted molar refractivity (Wildman–Crippen MR) is 112 cm³/mol. The number of amides is 2. The number of carbonyl (C=O) groups excluding carboxylic acids is 2. The average molecular weight is 428 g/mol. The van der Waals surface area contributed by atoms with E-state index in [4.69, 9.17) is 22.9 Å². The van der Waals surface area contributed by atoms with E-state index < -0.39 is 24.0 Å². The zero-order valence-corrected chi connectivity index (χ0v) is 17.0. The van der Waals surface area contributed by atoms with E-state index in [-0.39, 0.29) is 49.8 Å². The molecule has 1 aliphatic heterocycles. The number of hydrogen-bond donors (Lipinski definition) is 8. The molecule has 1 aliphatic rings.